The molecule has 2 bridgehead atoms. The molecule has 5 atom stereocenters. The van der Waals surface area contributed by atoms with Crippen LogP contribution in [0.3, 0.4) is 0 Å². The first kappa shape index (κ1) is 34.4. The predicted octanol–water partition coefficient (Wildman–Crippen LogP) is 9.10. The Labute approximate surface area is 310 Å². The van der Waals surface area contributed by atoms with Crippen LogP contribution in [0, 0.1) is 41.3 Å². The van der Waals surface area contributed by atoms with Gasteiger partial charge in [0.05, 0.1) is 46.4 Å². The number of halogens is 5. The molecule has 7 nitrogen and oxygen atoms in total. The van der Waals surface area contributed by atoms with Crippen molar-refractivity contribution in [2.75, 3.05) is 19.7 Å². The van der Waals surface area contributed by atoms with E-state index in [0.717, 1.165) is 42.4 Å². The molecule has 3 aliphatic carbocycles. The Bertz CT molecular complexity index is 2170. The number of hydrogen-bond acceptors (Lipinski definition) is 5. The number of hydrogen-bond donors (Lipinski definition) is 1. The second-order valence-corrected chi connectivity index (χ2v) is 17.0. The molecule has 5 unspecified atom stereocenters. The van der Waals surface area contributed by atoms with E-state index in [4.69, 9.17) is 32.9 Å². The van der Waals surface area contributed by atoms with E-state index in [1.165, 1.54) is 0 Å². The fraction of sp³-hybridized carbons (Fsp3) is 0.525. The maximum absolute atomic E-state index is 17.2. The number of nitrogens with one attached hydrogen (secondary N) is 1. The number of aromatic nitrogens is 2. The van der Waals surface area contributed by atoms with Crippen molar-refractivity contribution in [3.8, 4) is 17.2 Å². The van der Waals surface area contributed by atoms with Gasteiger partial charge < -0.3 is 19.5 Å². The number of likely N-dealkylation sites (tertiary alicyclic amines) is 1. The van der Waals surface area contributed by atoms with Gasteiger partial charge in [-0.15, -0.1) is 0 Å². The molecule has 5 heterocycles. The zero-order valence-corrected chi connectivity index (χ0v) is 30.6. The van der Waals surface area contributed by atoms with Gasteiger partial charge in [0, 0.05) is 89.4 Å². The van der Waals surface area contributed by atoms with Crippen molar-refractivity contribution >= 4 is 50.9 Å². The van der Waals surface area contributed by atoms with E-state index < -0.39 is 17.2 Å². The zero-order valence-electron chi connectivity index (χ0n) is 29.1. The van der Waals surface area contributed by atoms with Crippen LogP contribution in [0.4, 0.5) is 13.2 Å². The zero-order chi connectivity index (χ0) is 36.3. The van der Waals surface area contributed by atoms with Crippen molar-refractivity contribution in [3.63, 3.8) is 0 Å². The van der Waals surface area contributed by atoms with E-state index in [2.05, 4.69) is 22.0 Å². The van der Waals surface area contributed by atoms with Crippen molar-refractivity contribution in [1.29, 1.82) is 5.26 Å². The van der Waals surface area contributed by atoms with Crippen molar-refractivity contribution in [3.05, 3.63) is 63.1 Å². The van der Waals surface area contributed by atoms with Gasteiger partial charge in [-0.25, -0.2) is 18.2 Å². The van der Waals surface area contributed by atoms with Crippen LogP contribution < -0.4 is 5.32 Å². The quantitative estimate of drug-likeness (QED) is 0.185. The molecule has 4 aromatic rings. The predicted molar refractivity (Wildman–Crippen MR) is 194 cm³/mol. The van der Waals surface area contributed by atoms with Crippen LogP contribution in [-0.2, 0) is 16.0 Å². The van der Waals surface area contributed by atoms with Gasteiger partial charge in [0.1, 0.15) is 5.52 Å². The minimum absolute atomic E-state index is 0.0128. The molecular weight excluding hydrogens is 710 g/mol. The minimum Gasteiger partial charge on any atom is -0.376 e. The van der Waals surface area contributed by atoms with Crippen LogP contribution in [-0.4, -0.2) is 58.1 Å². The molecule has 6 fully saturated rings. The second kappa shape index (κ2) is 12.3. The van der Waals surface area contributed by atoms with Crippen LogP contribution in [0.5, 0.6) is 0 Å². The van der Waals surface area contributed by atoms with Gasteiger partial charge in [-0.1, -0.05) is 42.3 Å². The molecule has 0 spiro atoms. The molecule has 272 valence electrons. The topological polar surface area (TPSA) is 83.2 Å². The number of nitrogens with zero attached hydrogens (tertiary/aromatic N) is 4. The largest absolute Gasteiger partial charge is 0.376 e. The normalized spacial score (nSPS) is 27.2. The van der Waals surface area contributed by atoms with Gasteiger partial charge in [-0.2, -0.15) is 5.26 Å². The van der Waals surface area contributed by atoms with Crippen LogP contribution >= 0.6 is 23.2 Å². The third-order valence-corrected chi connectivity index (χ3v) is 13.1. The fourth-order valence-electron chi connectivity index (χ4n) is 9.72. The highest BCUT2D eigenvalue weighted by Gasteiger charge is 2.55. The highest BCUT2D eigenvalue weighted by atomic mass is 35.5. The van der Waals surface area contributed by atoms with Gasteiger partial charge in [-0.05, 0) is 62.3 Å². The number of nitriles is 1. The summed E-state index contributed by atoms with van der Waals surface area (Å²) < 4.78 is 53.6. The van der Waals surface area contributed by atoms with Crippen LogP contribution in [0.1, 0.15) is 80.9 Å². The number of ether oxygens (including phenoxy) is 1. The average molecular weight is 751 g/mol. The monoisotopic (exact) mass is 749 g/mol. The number of aryl methyl sites for hydroxylation is 2. The maximum atomic E-state index is 17.2. The Balaban J connectivity index is 1.21. The third-order valence-electron chi connectivity index (χ3n) is 12.3. The SMILES string of the molecule is Cc1nc2c(F)c(-c3cccc(Cl)c3Cl)c(CCC#N)cc2c2c1cc(C1CC(OCC3(C)CC(F)(F)C3)CN1C(=O)C1CC1)n2C1C2CNC1C2. The molecular formula is C40H40Cl2F3N5O2. The standard InChI is InChI=1S/C40H40Cl2F3N5O2/c1-20-26-14-31(30-13-24(16-49(30)38(51)21-8-9-21)52-19-39(2)17-40(44,45)18-39)50(36-23-12-29(36)47-15-23)37(26)27-11-22(5-4-10-46)32(34(43)35(27)48-20)25-6-3-7-28(41)33(25)42/h3,6-7,11,14,21,23-24,29-30,36,47H,4-5,8-9,12-13,15-19H2,1-2H3. The summed E-state index contributed by atoms with van der Waals surface area (Å²) in [5.41, 5.74) is 3.52. The van der Waals surface area contributed by atoms with E-state index in [1.807, 2.05) is 24.8 Å². The van der Waals surface area contributed by atoms with E-state index >= 15 is 4.39 Å². The first-order chi connectivity index (χ1) is 24.9. The number of pyridine rings is 1. The number of benzene rings is 2. The Kier molecular flexibility index (Phi) is 8.17. The summed E-state index contributed by atoms with van der Waals surface area (Å²) in [6.07, 6.45) is 3.10. The van der Waals surface area contributed by atoms with Crippen molar-refractivity contribution in [2.24, 2.45) is 17.3 Å². The summed E-state index contributed by atoms with van der Waals surface area (Å²) in [6, 6.07) is 11.5. The Hall–Kier alpha value is -3.36. The van der Waals surface area contributed by atoms with Crippen LogP contribution in [0.15, 0.2) is 30.3 Å². The molecule has 52 heavy (non-hydrogen) atoms. The van der Waals surface area contributed by atoms with Gasteiger partial charge in [0.2, 0.25) is 11.8 Å². The molecule has 2 aromatic carbocycles. The van der Waals surface area contributed by atoms with Crippen molar-refractivity contribution in [2.45, 2.75) is 95.4 Å². The minimum atomic E-state index is -2.65. The molecule has 10 rings (SSSR count). The summed E-state index contributed by atoms with van der Waals surface area (Å²) in [5, 5.41) is 15.3. The second-order valence-electron chi connectivity index (χ2n) is 16.2. The molecule has 3 saturated carbocycles. The highest BCUT2D eigenvalue weighted by Crippen LogP contribution is 2.54. The molecule has 3 saturated heterocycles. The Morgan fingerprint density at radius 2 is 1.96 bits per heavy atom. The lowest BCUT2D eigenvalue weighted by molar-refractivity contribution is -0.180. The summed E-state index contributed by atoms with van der Waals surface area (Å²) in [5.74, 6) is -2.70. The van der Waals surface area contributed by atoms with Crippen molar-refractivity contribution < 1.29 is 22.7 Å². The number of amides is 1. The van der Waals surface area contributed by atoms with Gasteiger partial charge >= 0.3 is 0 Å². The first-order valence-electron chi connectivity index (χ1n) is 18.4. The average Bonchev–Trinajstić information content (AvgIpc) is 3.39. The first-order valence-corrected chi connectivity index (χ1v) is 19.1. The molecule has 3 aliphatic heterocycles. The van der Waals surface area contributed by atoms with Gasteiger partial charge in [0.25, 0.3) is 0 Å². The Morgan fingerprint density at radius 3 is 2.63 bits per heavy atom. The molecule has 1 N–H and O–H groups in total. The van der Waals surface area contributed by atoms with Crippen molar-refractivity contribution in [1.82, 2.24) is 19.8 Å². The lowest BCUT2D eigenvalue weighted by Crippen LogP contribution is -2.47. The van der Waals surface area contributed by atoms with Crippen LogP contribution in [0.25, 0.3) is 32.9 Å². The number of carbonyl (C=O) groups excluding carboxylic acids is 1. The number of fused-ring (bicyclic) bond motifs is 4. The maximum Gasteiger partial charge on any atom is 0.249 e. The lowest BCUT2D eigenvalue weighted by Gasteiger charge is -2.44. The number of alkyl halides is 2. The summed E-state index contributed by atoms with van der Waals surface area (Å²) in [4.78, 5) is 20.8. The molecule has 6 aliphatic rings. The molecule has 0 radical (unpaired) electrons. The lowest BCUT2D eigenvalue weighted by atomic mass is 9.68. The van der Waals surface area contributed by atoms with E-state index in [-0.39, 0.29) is 72.5 Å². The van der Waals surface area contributed by atoms with Gasteiger partial charge in [-0.3, -0.25) is 4.79 Å². The molecule has 12 heteroatoms. The van der Waals surface area contributed by atoms with E-state index in [0.29, 0.717) is 58.1 Å². The molecule has 1 amide bonds. The Morgan fingerprint density at radius 1 is 1.17 bits per heavy atom. The van der Waals surface area contributed by atoms with Crippen LogP contribution in [0.2, 0.25) is 10.0 Å². The fourth-order valence-corrected chi connectivity index (χ4v) is 10.1. The van der Waals surface area contributed by atoms with E-state index in [1.54, 1.807) is 18.2 Å². The van der Waals surface area contributed by atoms with Gasteiger partial charge in [0.15, 0.2) is 5.82 Å². The highest BCUT2D eigenvalue weighted by molar-refractivity contribution is 6.43. The third kappa shape index (κ3) is 5.52. The summed E-state index contributed by atoms with van der Waals surface area (Å²) >= 11 is 13.1. The summed E-state index contributed by atoms with van der Waals surface area (Å²) in [7, 11) is 0. The number of carbonyl (C=O) groups is 1. The smallest absolute Gasteiger partial charge is 0.249 e. The summed E-state index contributed by atoms with van der Waals surface area (Å²) in [6.45, 7) is 5.24. The number of rotatable bonds is 9. The van der Waals surface area contributed by atoms with E-state index in [9.17, 15) is 18.8 Å². The molecule has 2 aromatic heterocycles.